The number of hydrogen-bond acceptors (Lipinski definition) is 4. The van der Waals surface area contributed by atoms with Crippen LogP contribution in [0.4, 0.5) is 0 Å². The molecular weight excluding hydrogens is 428 g/mol. The van der Waals surface area contributed by atoms with E-state index in [1.807, 2.05) is 55.5 Å². The number of nitrogens with zero attached hydrogens (tertiary/aromatic N) is 3. The lowest BCUT2D eigenvalue weighted by molar-refractivity contribution is -0.152. The molecule has 2 N–H and O–H groups in total. The zero-order valence-electron chi connectivity index (χ0n) is 19.0. The Labute approximate surface area is 197 Å². The number of aliphatic carboxylic acids is 1. The summed E-state index contributed by atoms with van der Waals surface area (Å²) in [6.07, 6.45) is 3.25. The summed E-state index contributed by atoms with van der Waals surface area (Å²) in [6, 6.07) is 19.6. The second kappa shape index (κ2) is 8.74. The molecule has 4 heterocycles. The van der Waals surface area contributed by atoms with Gasteiger partial charge in [0.25, 0.3) is 5.91 Å². The van der Waals surface area contributed by atoms with Gasteiger partial charge in [0, 0.05) is 35.9 Å². The Kier molecular flexibility index (Phi) is 5.61. The number of amides is 1. The minimum absolute atomic E-state index is 0.168. The van der Waals surface area contributed by atoms with Gasteiger partial charge in [0.05, 0.1) is 11.1 Å². The summed E-state index contributed by atoms with van der Waals surface area (Å²) in [7, 11) is 0. The minimum atomic E-state index is -0.773. The van der Waals surface area contributed by atoms with Gasteiger partial charge in [-0.1, -0.05) is 43.3 Å². The Morgan fingerprint density at radius 2 is 1.79 bits per heavy atom. The van der Waals surface area contributed by atoms with Crippen molar-refractivity contribution < 1.29 is 14.7 Å². The highest BCUT2D eigenvalue weighted by atomic mass is 16.4. The molecule has 3 aromatic heterocycles. The van der Waals surface area contributed by atoms with Crippen LogP contribution in [0.3, 0.4) is 0 Å². The first kappa shape index (κ1) is 21.8. The first-order valence-electron chi connectivity index (χ1n) is 11.5. The van der Waals surface area contributed by atoms with Gasteiger partial charge in [-0.2, -0.15) is 0 Å². The number of fused-ring (bicyclic) bond motifs is 1. The van der Waals surface area contributed by atoms with Crippen LogP contribution in [0.2, 0.25) is 0 Å². The third-order valence-electron chi connectivity index (χ3n) is 6.96. The smallest absolute Gasteiger partial charge is 0.309 e. The molecule has 4 aromatic rings. The SMILES string of the molecule is CCC1(C(=O)O)CCN(C(=O)c2cccc(-c3cnc4[nH]c(-c5ccccc5)cc4c3)n2)CC1. The lowest BCUT2D eigenvalue weighted by Crippen LogP contribution is -2.46. The van der Waals surface area contributed by atoms with Crippen molar-refractivity contribution >= 4 is 22.9 Å². The maximum absolute atomic E-state index is 13.1. The Balaban J connectivity index is 1.38. The number of carboxylic acid groups (broad SMARTS) is 1. The number of aromatic nitrogens is 3. The topological polar surface area (TPSA) is 99.2 Å². The molecule has 7 nitrogen and oxygen atoms in total. The van der Waals surface area contributed by atoms with Crippen LogP contribution in [-0.2, 0) is 4.79 Å². The zero-order chi connectivity index (χ0) is 23.7. The van der Waals surface area contributed by atoms with Gasteiger partial charge in [-0.3, -0.25) is 9.59 Å². The molecule has 0 aliphatic carbocycles. The Bertz CT molecular complexity index is 1350. The number of hydrogen-bond donors (Lipinski definition) is 2. The van der Waals surface area contributed by atoms with Crippen LogP contribution in [0.25, 0.3) is 33.5 Å². The van der Waals surface area contributed by atoms with E-state index in [0.29, 0.717) is 43.7 Å². The molecule has 0 bridgehead atoms. The van der Waals surface area contributed by atoms with E-state index in [0.717, 1.165) is 27.9 Å². The highest BCUT2D eigenvalue weighted by Gasteiger charge is 2.41. The molecule has 1 aliphatic rings. The van der Waals surface area contributed by atoms with E-state index in [4.69, 9.17) is 0 Å². The second-order valence-corrected chi connectivity index (χ2v) is 8.85. The van der Waals surface area contributed by atoms with Crippen molar-refractivity contribution in [2.45, 2.75) is 26.2 Å². The number of benzene rings is 1. The molecular formula is C27H26N4O3. The van der Waals surface area contributed by atoms with Crippen molar-refractivity contribution in [1.82, 2.24) is 19.9 Å². The molecule has 1 aliphatic heterocycles. The number of likely N-dealkylation sites (tertiary alicyclic amines) is 1. The van der Waals surface area contributed by atoms with Gasteiger partial charge in [-0.05, 0) is 49.1 Å². The summed E-state index contributed by atoms with van der Waals surface area (Å²) in [4.78, 5) is 39.1. The summed E-state index contributed by atoms with van der Waals surface area (Å²) in [5, 5.41) is 10.6. The predicted octanol–water partition coefficient (Wildman–Crippen LogP) is 5.01. The lowest BCUT2D eigenvalue weighted by Gasteiger charge is -2.38. The maximum atomic E-state index is 13.1. The average molecular weight is 455 g/mol. The van der Waals surface area contributed by atoms with E-state index in [-0.39, 0.29) is 5.91 Å². The van der Waals surface area contributed by atoms with Crippen molar-refractivity contribution in [1.29, 1.82) is 0 Å². The molecule has 0 saturated carbocycles. The van der Waals surface area contributed by atoms with Gasteiger partial charge in [-0.15, -0.1) is 0 Å². The first-order valence-corrected chi connectivity index (χ1v) is 11.5. The Hall–Kier alpha value is -4.00. The molecule has 1 aromatic carbocycles. The van der Waals surface area contributed by atoms with Gasteiger partial charge in [0.2, 0.25) is 0 Å². The number of aromatic amines is 1. The van der Waals surface area contributed by atoms with Gasteiger partial charge >= 0.3 is 5.97 Å². The molecule has 0 atom stereocenters. The van der Waals surface area contributed by atoms with Crippen LogP contribution >= 0.6 is 0 Å². The highest BCUT2D eigenvalue weighted by Crippen LogP contribution is 2.35. The first-order chi connectivity index (χ1) is 16.5. The number of carbonyl (C=O) groups is 2. The number of H-pyrrole nitrogens is 1. The number of nitrogens with one attached hydrogen (secondary N) is 1. The summed E-state index contributed by atoms with van der Waals surface area (Å²) in [5.41, 5.74) is 4.00. The van der Waals surface area contributed by atoms with Crippen LogP contribution in [0.5, 0.6) is 0 Å². The number of rotatable bonds is 5. The number of piperidine rings is 1. The van der Waals surface area contributed by atoms with Crippen molar-refractivity contribution in [2.75, 3.05) is 13.1 Å². The molecule has 0 unspecified atom stereocenters. The molecule has 172 valence electrons. The number of carboxylic acids is 1. The van der Waals surface area contributed by atoms with Crippen molar-refractivity contribution in [3.8, 4) is 22.5 Å². The van der Waals surface area contributed by atoms with E-state index in [2.05, 4.69) is 21.0 Å². The molecule has 7 heteroatoms. The van der Waals surface area contributed by atoms with E-state index < -0.39 is 11.4 Å². The summed E-state index contributed by atoms with van der Waals surface area (Å²) >= 11 is 0. The van der Waals surface area contributed by atoms with Gasteiger partial charge in [0.1, 0.15) is 11.3 Å². The van der Waals surface area contributed by atoms with Gasteiger partial charge in [-0.25, -0.2) is 9.97 Å². The maximum Gasteiger partial charge on any atom is 0.309 e. The van der Waals surface area contributed by atoms with Crippen molar-refractivity contribution in [3.63, 3.8) is 0 Å². The quantitative estimate of drug-likeness (QED) is 0.442. The van der Waals surface area contributed by atoms with Crippen LogP contribution in [0, 0.1) is 5.41 Å². The molecule has 1 fully saturated rings. The fourth-order valence-electron chi connectivity index (χ4n) is 4.66. The van der Waals surface area contributed by atoms with Crippen LogP contribution in [0.1, 0.15) is 36.7 Å². The van der Waals surface area contributed by atoms with Gasteiger partial charge < -0.3 is 15.0 Å². The Morgan fingerprint density at radius 3 is 2.50 bits per heavy atom. The normalized spacial score (nSPS) is 15.4. The average Bonchev–Trinajstić information content (AvgIpc) is 3.32. The number of pyridine rings is 2. The Morgan fingerprint density at radius 1 is 1.03 bits per heavy atom. The van der Waals surface area contributed by atoms with Crippen molar-refractivity contribution in [3.05, 3.63) is 72.6 Å². The summed E-state index contributed by atoms with van der Waals surface area (Å²) in [5.74, 6) is -0.940. The van der Waals surface area contributed by atoms with E-state index in [1.54, 1.807) is 17.2 Å². The molecule has 0 spiro atoms. The molecule has 1 saturated heterocycles. The fourth-order valence-corrected chi connectivity index (χ4v) is 4.66. The van der Waals surface area contributed by atoms with Crippen LogP contribution in [0.15, 0.2) is 66.9 Å². The molecule has 0 radical (unpaired) electrons. The fraction of sp³-hybridized carbons (Fsp3) is 0.259. The highest BCUT2D eigenvalue weighted by molar-refractivity contribution is 5.93. The second-order valence-electron chi connectivity index (χ2n) is 8.85. The standard InChI is InChI=1S/C27H26N4O3/c1-2-27(26(33)34)11-13-31(14-12-27)25(32)22-10-6-9-21(29-22)20-15-19-16-23(30-24(19)28-17-20)18-7-4-3-5-8-18/h3-10,15-17H,2,11-14H2,1H3,(H,28,30)(H,33,34). The lowest BCUT2D eigenvalue weighted by atomic mass is 9.76. The largest absolute Gasteiger partial charge is 0.481 e. The van der Waals surface area contributed by atoms with Crippen molar-refractivity contribution in [2.24, 2.45) is 5.41 Å². The summed E-state index contributed by atoms with van der Waals surface area (Å²) in [6.45, 7) is 2.74. The van der Waals surface area contributed by atoms with E-state index in [9.17, 15) is 14.7 Å². The van der Waals surface area contributed by atoms with Crippen LogP contribution < -0.4 is 0 Å². The third kappa shape index (κ3) is 3.94. The van der Waals surface area contributed by atoms with E-state index >= 15 is 0 Å². The molecule has 5 rings (SSSR count). The zero-order valence-corrected chi connectivity index (χ0v) is 19.0. The van der Waals surface area contributed by atoms with E-state index in [1.165, 1.54) is 0 Å². The molecule has 1 amide bonds. The predicted molar refractivity (Wildman–Crippen MR) is 130 cm³/mol. The molecule has 34 heavy (non-hydrogen) atoms. The minimum Gasteiger partial charge on any atom is -0.481 e. The van der Waals surface area contributed by atoms with Crippen LogP contribution in [-0.4, -0.2) is 49.9 Å². The summed E-state index contributed by atoms with van der Waals surface area (Å²) < 4.78 is 0. The number of carbonyl (C=O) groups excluding carboxylic acids is 1. The third-order valence-corrected chi connectivity index (χ3v) is 6.96. The monoisotopic (exact) mass is 454 g/mol. The van der Waals surface area contributed by atoms with Gasteiger partial charge in [0.15, 0.2) is 0 Å².